The van der Waals surface area contributed by atoms with E-state index in [1.165, 1.54) is 5.56 Å². The molecule has 1 rings (SSSR count). The first-order valence-corrected chi connectivity index (χ1v) is 6.97. The summed E-state index contributed by atoms with van der Waals surface area (Å²) in [6.07, 6.45) is 4.24. The molecule has 1 aromatic rings. The van der Waals surface area contributed by atoms with Crippen LogP contribution in [0.2, 0.25) is 0 Å². The summed E-state index contributed by atoms with van der Waals surface area (Å²) < 4.78 is 5.70. The van der Waals surface area contributed by atoms with Crippen molar-refractivity contribution in [3.63, 3.8) is 0 Å². The Morgan fingerprint density at radius 3 is 2.88 bits per heavy atom. The van der Waals surface area contributed by atoms with Crippen LogP contribution in [-0.4, -0.2) is 18.4 Å². The van der Waals surface area contributed by atoms with E-state index >= 15 is 0 Å². The van der Waals surface area contributed by atoms with Crippen LogP contribution in [-0.2, 0) is 6.42 Å². The van der Waals surface area contributed by atoms with Crippen molar-refractivity contribution in [1.82, 2.24) is 0 Å². The van der Waals surface area contributed by atoms with Gasteiger partial charge in [-0.15, -0.1) is 0 Å². The van der Waals surface area contributed by atoms with Crippen molar-refractivity contribution in [3.05, 3.63) is 29.8 Å². The normalized spacial score (nSPS) is 12.4. The van der Waals surface area contributed by atoms with Crippen LogP contribution < -0.4 is 10.5 Å². The molecular weight excluding hydrogens is 230 g/mol. The SMILES string of the molecule is CCc1cccc(OCCCC[C@H](N)CS)c1. The maximum Gasteiger partial charge on any atom is 0.119 e. The molecule has 0 aromatic heterocycles. The molecular formula is C14H23NOS. The second kappa shape index (κ2) is 8.43. The zero-order valence-corrected chi connectivity index (χ0v) is 11.5. The lowest BCUT2D eigenvalue weighted by molar-refractivity contribution is 0.303. The van der Waals surface area contributed by atoms with Gasteiger partial charge >= 0.3 is 0 Å². The van der Waals surface area contributed by atoms with E-state index < -0.39 is 0 Å². The third kappa shape index (κ3) is 5.99. The second-order valence-corrected chi connectivity index (χ2v) is 4.65. The minimum atomic E-state index is 0.224. The Bertz CT molecular complexity index is 317. The molecule has 0 amide bonds. The smallest absolute Gasteiger partial charge is 0.119 e. The Morgan fingerprint density at radius 2 is 2.18 bits per heavy atom. The number of nitrogens with two attached hydrogens (primary N) is 1. The Balaban J connectivity index is 2.17. The van der Waals surface area contributed by atoms with Gasteiger partial charge in [0.25, 0.3) is 0 Å². The van der Waals surface area contributed by atoms with Crippen LogP contribution in [0.4, 0.5) is 0 Å². The molecule has 0 radical (unpaired) electrons. The lowest BCUT2D eigenvalue weighted by Crippen LogP contribution is -2.21. The predicted octanol–water partition coefficient (Wildman–Crippen LogP) is 3.06. The first-order valence-electron chi connectivity index (χ1n) is 6.34. The highest BCUT2D eigenvalue weighted by Crippen LogP contribution is 2.14. The van der Waals surface area contributed by atoms with Crippen molar-refractivity contribution < 1.29 is 4.74 Å². The fourth-order valence-electron chi connectivity index (χ4n) is 1.65. The average Bonchev–Trinajstić information content (AvgIpc) is 2.38. The summed E-state index contributed by atoms with van der Waals surface area (Å²) in [5, 5.41) is 0. The second-order valence-electron chi connectivity index (χ2n) is 4.29. The van der Waals surface area contributed by atoms with Gasteiger partial charge in [0.05, 0.1) is 6.61 Å². The highest BCUT2D eigenvalue weighted by atomic mass is 32.1. The maximum atomic E-state index is 5.79. The molecule has 1 atom stereocenters. The first kappa shape index (κ1) is 14.4. The molecule has 2 N–H and O–H groups in total. The minimum Gasteiger partial charge on any atom is -0.494 e. The van der Waals surface area contributed by atoms with Crippen LogP contribution in [0, 0.1) is 0 Å². The van der Waals surface area contributed by atoms with Gasteiger partial charge < -0.3 is 10.5 Å². The van der Waals surface area contributed by atoms with Crippen LogP contribution in [0.15, 0.2) is 24.3 Å². The topological polar surface area (TPSA) is 35.2 Å². The fourth-order valence-corrected chi connectivity index (χ4v) is 1.83. The number of benzene rings is 1. The standard InChI is InChI=1S/C14H23NOS/c1-2-12-6-5-8-14(10-12)16-9-4-3-7-13(15)11-17/h5-6,8,10,13,17H,2-4,7,9,11,15H2,1H3/t13-/m0/s1. The highest BCUT2D eigenvalue weighted by Gasteiger charge is 1.99. The summed E-state index contributed by atoms with van der Waals surface area (Å²) in [5.74, 6) is 1.74. The average molecular weight is 253 g/mol. The molecule has 3 heteroatoms. The van der Waals surface area contributed by atoms with Crippen molar-refractivity contribution in [2.45, 2.75) is 38.6 Å². The maximum absolute atomic E-state index is 5.79. The predicted molar refractivity (Wildman–Crippen MR) is 77.0 cm³/mol. The molecule has 0 aliphatic heterocycles. The molecule has 2 nitrogen and oxygen atoms in total. The summed E-state index contributed by atoms with van der Waals surface area (Å²) in [4.78, 5) is 0. The molecule has 0 aliphatic rings. The molecule has 0 fully saturated rings. The lowest BCUT2D eigenvalue weighted by atomic mass is 10.1. The van der Waals surface area contributed by atoms with Crippen LogP contribution in [0.5, 0.6) is 5.75 Å². The summed E-state index contributed by atoms with van der Waals surface area (Å²) >= 11 is 4.16. The molecule has 17 heavy (non-hydrogen) atoms. The molecule has 0 saturated carbocycles. The van der Waals surface area contributed by atoms with Crippen molar-refractivity contribution in [3.8, 4) is 5.75 Å². The minimum absolute atomic E-state index is 0.224. The third-order valence-electron chi connectivity index (χ3n) is 2.78. The van der Waals surface area contributed by atoms with E-state index in [0.717, 1.165) is 43.8 Å². The Morgan fingerprint density at radius 1 is 1.35 bits per heavy atom. The van der Waals surface area contributed by atoms with E-state index in [2.05, 4.69) is 31.7 Å². The summed E-state index contributed by atoms with van der Waals surface area (Å²) in [7, 11) is 0. The number of thiol groups is 1. The molecule has 0 unspecified atom stereocenters. The molecule has 0 heterocycles. The van der Waals surface area contributed by atoms with Crippen molar-refractivity contribution in [1.29, 1.82) is 0 Å². The van der Waals surface area contributed by atoms with E-state index in [1.807, 2.05) is 12.1 Å². The zero-order chi connectivity index (χ0) is 12.5. The summed E-state index contributed by atoms with van der Waals surface area (Å²) in [6, 6.07) is 8.52. The van der Waals surface area contributed by atoms with Crippen LogP contribution in [0.25, 0.3) is 0 Å². The van der Waals surface area contributed by atoms with Crippen molar-refractivity contribution in [2.75, 3.05) is 12.4 Å². The molecule has 0 spiro atoms. The van der Waals surface area contributed by atoms with Crippen LogP contribution in [0.1, 0.15) is 31.7 Å². The quantitative estimate of drug-likeness (QED) is 0.552. The van der Waals surface area contributed by atoms with Gasteiger partial charge in [-0.3, -0.25) is 0 Å². The van der Waals surface area contributed by atoms with E-state index in [-0.39, 0.29) is 6.04 Å². The van der Waals surface area contributed by atoms with E-state index in [1.54, 1.807) is 0 Å². The Kier molecular flexibility index (Phi) is 7.13. The first-order chi connectivity index (χ1) is 8.26. The number of rotatable bonds is 8. The van der Waals surface area contributed by atoms with Crippen molar-refractivity contribution in [2.24, 2.45) is 5.73 Å². The summed E-state index contributed by atoms with van der Waals surface area (Å²) in [6.45, 7) is 2.92. The number of hydrogen-bond donors (Lipinski definition) is 2. The van der Waals surface area contributed by atoms with Crippen LogP contribution >= 0.6 is 12.6 Å². The largest absolute Gasteiger partial charge is 0.494 e. The third-order valence-corrected chi connectivity index (χ3v) is 3.25. The summed E-state index contributed by atoms with van der Waals surface area (Å²) in [5.41, 5.74) is 7.11. The van der Waals surface area contributed by atoms with E-state index in [4.69, 9.17) is 10.5 Å². The number of aryl methyl sites for hydroxylation is 1. The molecule has 0 bridgehead atoms. The van der Waals surface area contributed by atoms with Gasteiger partial charge in [0.2, 0.25) is 0 Å². The van der Waals surface area contributed by atoms with Gasteiger partial charge in [0.15, 0.2) is 0 Å². The van der Waals surface area contributed by atoms with Gasteiger partial charge in [0, 0.05) is 11.8 Å². The van der Waals surface area contributed by atoms with E-state index in [9.17, 15) is 0 Å². The van der Waals surface area contributed by atoms with Gasteiger partial charge in [0.1, 0.15) is 5.75 Å². The van der Waals surface area contributed by atoms with Gasteiger partial charge in [-0.25, -0.2) is 0 Å². The van der Waals surface area contributed by atoms with Crippen LogP contribution in [0.3, 0.4) is 0 Å². The highest BCUT2D eigenvalue weighted by molar-refractivity contribution is 7.80. The molecule has 0 saturated heterocycles. The number of ether oxygens (including phenoxy) is 1. The lowest BCUT2D eigenvalue weighted by Gasteiger charge is -2.09. The Hall–Kier alpha value is -0.670. The molecule has 0 aliphatic carbocycles. The van der Waals surface area contributed by atoms with Gasteiger partial charge in [-0.05, 0) is 43.4 Å². The van der Waals surface area contributed by atoms with E-state index in [0.29, 0.717) is 0 Å². The fraction of sp³-hybridized carbons (Fsp3) is 0.571. The molecule has 96 valence electrons. The molecule has 1 aromatic carbocycles. The Labute approximate surface area is 110 Å². The van der Waals surface area contributed by atoms with Gasteiger partial charge in [-0.1, -0.05) is 19.1 Å². The monoisotopic (exact) mass is 253 g/mol. The number of unbranched alkanes of at least 4 members (excludes halogenated alkanes) is 1. The number of hydrogen-bond acceptors (Lipinski definition) is 3. The van der Waals surface area contributed by atoms with Gasteiger partial charge in [-0.2, -0.15) is 12.6 Å². The zero-order valence-electron chi connectivity index (χ0n) is 10.6. The van der Waals surface area contributed by atoms with Crippen molar-refractivity contribution >= 4 is 12.6 Å².